The van der Waals surface area contributed by atoms with E-state index in [-0.39, 0.29) is 68.5 Å². The number of anilines is 2. The Kier molecular flexibility index (Phi) is 16.9. The number of fused-ring (bicyclic) bond motifs is 5. The van der Waals surface area contributed by atoms with Crippen LogP contribution < -0.4 is 41.4 Å². The normalized spacial score (nSPS) is 17.5. The molecule has 90 heavy (non-hydrogen) atoms. The maximum Gasteiger partial charge on any atom is 0.407 e. The molecule has 5 aromatic carbocycles. The molecule has 0 bridgehead atoms. The summed E-state index contributed by atoms with van der Waals surface area (Å²) in [5, 5.41) is 13.1. The molecule has 13 rings (SSSR count). The zero-order valence-electron chi connectivity index (χ0n) is 50.8. The minimum Gasteiger partial charge on any atom is -0.495 e. The summed E-state index contributed by atoms with van der Waals surface area (Å²) < 4.78 is 26.7. The lowest BCUT2D eigenvalue weighted by atomic mass is 9.87. The van der Waals surface area contributed by atoms with E-state index < -0.39 is 23.6 Å². The maximum atomic E-state index is 13.4. The fourth-order valence-corrected chi connectivity index (χ4v) is 13.2. The molecule has 20 nitrogen and oxygen atoms in total. The Labute approximate surface area is 521 Å². The first-order valence-electron chi connectivity index (χ1n) is 31.0. The van der Waals surface area contributed by atoms with Gasteiger partial charge in [0.25, 0.3) is 5.56 Å². The number of benzene rings is 5. The molecule has 8 aromatic rings. The molecule has 0 unspecified atom stereocenters. The first kappa shape index (κ1) is 59.6. The number of amides is 5. The Hall–Kier alpha value is -9.39. The van der Waals surface area contributed by atoms with Gasteiger partial charge < -0.3 is 54.2 Å². The zero-order valence-corrected chi connectivity index (χ0v) is 50.8. The maximum absolute atomic E-state index is 13.4. The van der Waals surface area contributed by atoms with Gasteiger partial charge in [-0.25, -0.2) is 19.6 Å². The molecule has 5 N–H and O–H groups in total. The highest BCUT2D eigenvalue weighted by Crippen LogP contribution is 2.46. The quantitative estimate of drug-likeness (QED) is 0.0291. The van der Waals surface area contributed by atoms with E-state index in [0.717, 1.165) is 126 Å². The summed E-state index contributed by atoms with van der Waals surface area (Å²) >= 11 is 0. The number of carbonyl (C=O) groups excluding carboxylic acids is 4. The molecule has 0 spiro atoms. The topological polar surface area (TPSA) is 227 Å². The lowest BCUT2D eigenvalue weighted by Gasteiger charge is -2.45. The highest BCUT2D eigenvalue weighted by Gasteiger charge is 2.45. The van der Waals surface area contributed by atoms with E-state index in [1.165, 1.54) is 4.90 Å². The number of hydrogen-bond donors (Lipinski definition) is 5. The molecule has 5 aliphatic rings. The molecule has 462 valence electrons. The molecule has 4 fully saturated rings. The third kappa shape index (κ3) is 12.4. The third-order valence-electron chi connectivity index (χ3n) is 18.3. The number of H-pyrrole nitrogens is 1. The number of urea groups is 1. The number of hydrogen-bond acceptors (Lipinski definition) is 14. The number of carbonyl (C=O) groups is 4. The van der Waals surface area contributed by atoms with Gasteiger partial charge in [-0.2, -0.15) is 0 Å². The van der Waals surface area contributed by atoms with Crippen molar-refractivity contribution >= 4 is 57.4 Å². The lowest BCUT2D eigenvalue weighted by Crippen LogP contribution is -2.55. The predicted octanol–water partition coefficient (Wildman–Crippen LogP) is 8.45. The minimum atomic E-state index is -1.29. The summed E-state index contributed by atoms with van der Waals surface area (Å²) in [4.78, 5) is 84.7. The summed E-state index contributed by atoms with van der Waals surface area (Å²) in [6.07, 6.45) is 8.54. The van der Waals surface area contributed by atoms with E-state index in [0.29, 0.717) is 41.2 Å². The van der Waals surface area contributed by atoms with Gasteiger partial charge in [-0.05, 0) is 115 Å². The van der Waals surface area contributed by atoms with Crippen molar-refractivity contribution in [3.8, 4) is 39.8 Å². The molecular formula is C70H73N11O9. The van der Waals surface area contributed by atoms with Crippen molar-refractivity contribution in [2.45, 2.75) is 81.1 Å². The molecule has 6 heterocycles. The fourth-order valence-electron chi connectivity index (χ4n) is 13.2. The van der Waals surface area contributed by atoms with Crippen LogP contribution in [0.1, 0.15) is 85.7 Å². The summed E-state index contributed by atoms with van der Waals surface area (Å²) in [5.74, 6) is 6.79. The number of pyridine rings is 1. The summed E-state index contributed by atoms with van der Waals surface area (Å²) in [5.41, 5.74) is 8.64. The van der Waals surface area contributed by atoms with Crippen LogP contribution in [0.2, 0.25) is 0 Å². The minimum absolute atomic E-state index is 0.0306. The molecular weight excluding hydrogens is 1140 g/mol. The second kappa shape index (κ2) is 25.6. The third-order valence-corrected chi connectivity index (χ3v) is 18.3. The van der Waals surface area contributed by atoms with Crippen molar-refractivity contribution in [3.05, 3.63) is 172 Å². The van der Waals surface area contributed by atoms with E-state index in [9.17, 15) is 24.0 Å². The standard InChI is InChI=1S/C70H73N11O9/c1-69(74-31-11-12-45-19-24-60(87-3)59(38-45)81-35-28-61(82)76-67(81)85)29-36-79(37-30-69)48-26-33-80(34-27-48)66-75-58-23-20-46(56-41-78(2)65(84)63-54(56)25-32-71-63)39-55(58)64(77-66)70(90-49-21-22-49,47-13-5-4-6-14-47)43-88-44-73-62(83)40-72-68(86)89-42-57-52-17-9-7-15-50(52)51-16-8-10-18-53(51)57/h4-10,13-20,23-25,32,38-39,41,48-49,57,71,74H,21-22,26-31,33-37,40,42-44H2,1-3H3,(H,72,86)(H,73,83)(H,76,82,85)/t70-/m0/s1. The van der Waals surface area contributed by atoms with Gasteiger partial charge >= 0.3 is 12.1 Å². The fraction of sp³-hybridized carbons (Fsp3) is 0.357. The van der Waals surface area contributed by atoms with Crippen molar-refractivity contribution in [1.82, 2.24) is 45.7 Å². The number of aryl methyl sites for hydroxylation is 1. The van der Waals surface area contributed by atoms with Crippen molar-refractivity contribution in [1.29, 1.82) is 0 Å². The predicted molar refractivity (Wildman–Crippen MR) is 343 cm³/mol. The smallest absolute Gasteiger partial charge is 0.407 e. The van der Waals surface area contributed by atoms with Crippen LogP contribution in [0.3, 0.4) is 0 Å². The lowest BCUT2D eigenvalue weighted by molar-refractivity contribution is -0.124. The van der Waals surface area contributed by atoms with Crippen molar-refractivity contribution in [3.63, 3.8) is 0 Å². The van der Waals surface area contributed by atoms with E-state index >= 15 is 0 Å². The number of imide groups is 1. The number of nitrogens with one attached hydrogen (secondary N) is 5. The van der Waals surface area contributed by atoms with Crippen LogP contribution in [0.15, 0.2) is 139 Å². The number of aromatic nitrogens is 4. The van der Waals surface area contributed by atoms with Crippen LogP contribution >= 0.6 is 0 Å². The van der Waals surface area contributed by atoms with Gasteiger partial charge in [0, 0.05) is 98.0 Å². The molecule has 3 aliphatic heterocycles. The van der Waals surface area contributed by atoms with E-state index in [1.807, 2.05) is 91.1 Å². The number of rotatable bonds is 19. The van der Waals surface area contributed by atoms with Gasteiger partial charge in [0.2, 0.25) is 17.8 Å². The number of likely N-dealkylation sites (tertiary alicyclic amines) is 1. The summed E-state index contributed by atoms with van der Waals surface area (Å²) in [6, 6.07) is 39.7. The van der Waals surface area contributed by atoms with Gasteiger partial charge in [-0.15, -0.1) is 0 Å². The first-order chi connectivity index (χ1) is 43.8. The molecule has 3 saturated heterocycles. The van der Waals surface area contributed by atoms with Crippen LogP contribution in [-0.4, -0.2) is 139 Å². The number of aromatic amines is 1. The highest BCUT2D eigenvalue weighted by molar-refractivity contribution is 6.06. The number of alkyl carbamates (subject to hydrolysis) is 1. The number of methoxy groups -OCH3 is 1. The second-order valence-electron chi connectivity index (χ2n) is 24.2. The van der Waals surface area contributed by atoms with Gasteiger partial charge in [0.1, 0.15) is 31.1 Å². The van der Waals surface area contributed by atoms with Crippen LogP contribution in [0.5, 0.6) is 5.75 Å². The Balaban J connectivity index is 0.702. The Morgan fingerprint density at radius 1 is 0.800 bits per heavy atom. The van der Waals surface area contributed by atoms with E-state index in [2.05, 4.69) is 85.1 Å². The van der Waals surface area contributed by atoms with Gasteiger partial charge in [0.15, 0.2) is 5.60 Å². The van der Waals surface area contributed by atoms with Crippen molar-refractivity contribution in [2.75, 3.05) is 82.7 Å². The molecule has 20 heteroatoms. The largest absolute Gasteiger partial charge is 0.495 e. The van der Waals surface area contributed by atoms with Gasteiger partial charge in [0.05, 0.1) is 43.3 Å². The summed E-state index contributed by atoms with van der Waals surface area (Å²) in [7, 11) is 3.31. The number of piperidine rings is 2. The van der Waals surface area contributed by atoms with Crippen LogP contribution in [0, 0.1) is 11.8 Å². The first-order valence-corrected chi connectivity index (χ1v) is 31.0. The van der Waals surface area contributed by atoms with Gasteiger partial charge in [-0.3, -0.25) is 24.6 Å². The van der Waals surface area contributed by atoms with Crippen molar-refractivity contribution in [2.24, 2.45) is 7.05 Å². The van der Waals surface area contributed by atoms with E-state index in [4.69, 9.17) is 28.9 Å². The molecule has 1 saturated carbocycles. The highest BCUT2D eigenvalue weighted by atomic mass is 16.6. The molecule has 0 radical (unpaired) electrons. The Morgan fingerprint density at radius 2 is 1.54 bits per heavy atom. The SMILES string of the molecule is COc1ccc(C#CCNC2(C)CCN(C3CCN(c4nc([C@@](COCNC(=O)CNC(=O)OCC5c6ccccc6-c6ccccc65)(OC5CC5)c5ccccc5)c5cc(-c6cn(C)c(=O)c7[nH]ccc67)ccc5n4)CC3)CC2)cc1N1CCC(=O)NC1=O. The van der Waals surface area contributed by atoms with E-state index in [1.54, 1.807) is 31.0 Å². The molecule has 3 aromatic heterocycles. The molecule has 5 amide bonds. The van der Waals surface area contributed by atoms with Crippen LogP contribution in [0.25, 0.3) is 44.1 Å². The number of ether oxygens (including phenoxy) is 4. The van der Waals surface area contributed by atoms with Crippen LogP contribution in [0.4, 0.5) is 21.2 Å². The molecule has 2 aliphatic carbocycles. The second-order valence-corrected chi connectivity index (χ2v) is 24.2. The van der Waals surface area contributed by atoms with Crippen molar-refractivity contribution < 1.29 is 38.1 Å². The zero-order chi connectivity index (χ0) is 61.9. The summed E-state index contributed by atoms with van der Waals surface area (Å²) in [6.45, 7) is 5.98. The molecule has 1 atom stereocenters. The van der Waals surface area contributed by atoms with Crippen LogP contribution in [-0.2, 0) is 36.4 Å². The average molecular weight is 1210 g/mol. The number of nitrogens with zero attached hydrogens (tertiary/aromatic N) is 6. The average Bonchev–Trinajstić information content (AvgIpc) is 0.825. The monoisotopic (exact) mass is 1210 g/mol. The van der Waals surface area contributed by atoms with Gasteiger partial charge in [-0.1, -0.05) is 96.8 Å². The Morgan fingerprint density at radius 3 is 2.28 bits per heavy atom. The Bertz CT molecular complexity index is 4110.